The van der Waals surface area contributed by atoms with Gasteiger partial charge in [-0.05, 0) is 36.4 Å². The Hall–Kier alpha value is -2.41. The van der Waals surface area contributed by atoms with Crippen molar-refractivity contribution in [2.45, 2.75) is 6.42 Å². The predicted octanol–water partition coefficient (Wildman–Crippen LogP) is 5.69. The molecule has 0 aliphatic carbocycles. The summed E-state index contributed by atoms with van der Waals surface area (Å²) in [6.07, 6.45) is 2.00. The Morgan fingerprint density at radius 2 is 1.96 bits per heavy atom. The molecule has 4 nitrogen and oxygen atoms in total. The third-order valence-corrected chi connectivity index (χ3v) is 5.70. The minimum atomic E-state index is -0.295. The van der Waals surface area contributed by atoms with E-state index in [4.69, 9.17) is 23.2 Å². The SMILES string of the molecule is O=C(Cc1csc2nc(-c3ccc(F)cc3)cn12)Nc1cccc(Cl)c1Cl. The third-order valence-electron chi connectivity index (χ3n) is 3.99. The molecule has 136 valence electrons. The lowest BCUT2D eigenvalue weighted by Crippen LogP contribution is -2.15. The smallest absolute Gasteiger partial charge is 0.230 e. The van der Waals surface area contributed by atoms with E-state index in [9.17, 15) is 9.18 Å². The summed E-state index contributed by atoms with van der Waals surface area (Å²) in [6, 6.07) is 11.2. The first-order chi connectivity index (χ1) is 13.0. The van der Waals surface area contributed by atoms with Gasteiger partial charge in [-0.25, -0.2) is 9.37 Å². The van der Waals surface area contributed by atoms with Crippen molar-refractivity contribution in [1.29, 1.82) is 0 Å². The van der Waals surface area contributed by atoms with Crippen LogP contribution in [0.2, 0.25) is 10.0 Å². The van der Waals surface area contributed by atoms with Gasteiger partial charge in [0.2, 0.25) is 5.91 Å². The summed E-state index contributed by atoms with van der Waals surface area (Å²) in [5.41, 5.74) is 2.81. The molecule has 1 amide bonds. The number of anilines is 1. The summed E-state index contributed by atoms with van der Waals surface area (Å²) in [7, 11) is 0. The van der Waals surface area contributed by atoms with E-state index >= 15 is 0 Å². The number of hydrogen-bond acceptors (Lipinski definition) is 3. The van der Waals surface area contributed by atoms with Crippen molar-refractivity contribution in [3.05, 3.63) is 75.6 Å². The quantitative estimate of drug-likeness (QED) is 0.461. The molecule has 0 spiro atoms. The number of nitrogens with one attached hydrogen (secondary N) is 1. The molecule has 0 saturated carbocycles. The van der Waals surface area contributed by atoms with E-state index in [-0.39, 0.29) is 18.1 Å². The van der Waals surface area contributed by atoms with Crippen LogP contribution in [0.3, 0.4) is 0 Å². The fraction of sp³-hybridized carbons (Fsp3) is 0.0526. The van der Waals surface area contributed by atoms with Gasteiger partial charge in [0.25, 0.3) is 0 Å². The first kappa shape index (κ1) is 18.0. The summed E-state index contributed by atoms with van der Waals surface area (Å²) < 4.78 is 15.0. The van der Waals surface area contributed by atoms with Crippen LogP contribution in [0.1, 0.15) is 5.69 Å². The summed E-state index contributed by atoms with van der Waals surface area (Å²) in [4.78, 5) is 17.7. The van der Waals surface area contributed by atoms with E-state index < -0.39 is 0 Å². The van der Waals surface area contributed by atoms with E-state index in [1.165, 1.54) is 23.5 Å². The molecule has 2 heterocycles. The van der Waals surface area contributed by atoms with Gasteiger partial charge in [0, 0.05) is 22.8 Å². The van der Waals surface area contributed by atoms with Crippen LogP contribution in [-0.2, 0) is 11.2 Å². The molecular weight excluding hydrogens is 408 g/mol. The molecule has 1 N–H and O–H groups in total. The van der Waals surface area contributed by atoms with Crippen molar-refractivity contribution in [3.63, 3.8) is 0 Å². The van der Waals surface area contributed by atoms with E-state index in [2.05, 4.69) is 10.3 Å². The number of benzene rings is 2. The molecule has 0 bridgehead atoms. The molecule has 8 heteroatoms. The first-order valence-corrected chi connectivity index (χ1v) is 9.60. The number of carbonyl (C=O) groups is 1. The number of amides is 1. The Morgan fingerprint density at radius 3 is 2.74 bits per heavy atom. The van der Waals surface area contributed by atoms with Gasteiger partial charge < -0.3 is 5.32 Å². The number of halogens is 3. The maximum atomic E-state index is 13.1. The van der Waals surface area contributed by atoms with Crippen LogP contribution >= 0.6 is 34.5 Å². The number of aromatic nitrogens is 2. The van der Waals surface area contributed by atoms with Gasteiger partial charge in [-0.2, -0.15) is 0 Å². The normalized spacial score (nSPS) is 11.1. The number of carbonyl (C=O) groups excluding carboxylic acids is 1. The molecule has 0 unspecified atom stereocenters. The highest BCUT2D eigenvalue weighted by molar-refractivity contribution is 7.15. The summed E-state index contributed by atoms with van der Waals surface area (Å²) in [6.45, 7) is 0. The largest absolute Gasteiger partial charge is 0.324 e. The summed E-state index contributed by atoms with van der Waals surface area (Å²) >= 11 is 13.5. The maximum Gasteiger partial charge on any atom is 0.230 e. The number of hydrogen-bond donors (Lipinski definition) is 1. The molecule has 0 aliphatic rings. The zero-order valence-corrected chi connectivity index (χ0v) is 16.1. The van der Waals surface area contributed by atoms with Crippen LogP contribution in [0.4, 0.5) is 10.1 Å². The number of rotatable bonds is 4. The van der Waals surface area contributed by atoms with Crippen molar-refractivity contribution in [1.82, 2.24) is 9.38 Å². The molecule has 0 fully saturated rings. The van der Waals surface area contributed by atoms with Crippen molar-refractivity contribution >= 4 is 51.1 Å². The molecule has 27 heavy (non-hydrogen) atoms. The van der Waals surface area contributed by atoms with Crippen LogP contribution in [0, 0.1) is 5.82 Å². The zero-order chi connectivity index (χ0) is 19.0. The van der Waals surface area contributed by atoms with Gasteiger partial charge in [-0.15, -0.1) is 11.3 Å². The van der Waals surface area contributed by atoms with Crippen molar-refractivity contribution in [3.8, 4) is 11.3 Å². The van der Waals surface area contributed by atoms with E-state index in [0.29, 0.717) is 15.7 Å². The molecule has 0 aliphatic heterocycles. The Bertz CT molecular complexity index is 1140. The highest BCUT2D eigenvalue weighted by Crippen LogP contribution is 2.30. The van der Waals surface area contributed by atoms with Gasteiger partial charge in [0.15, 0.2) is 4.96 Å². The Kier molecular flexibility index (Phi) is 4.86. The lowest BCUT2D eigenvalue weighted by atomic mass is 10.2. The van der Waals surface area contributed by atoms with E-state index in [1.807, 2.05) is 16.0 Å². The van der Waals surface area contributed by atoms with Crippen molar-refractivity contribution in [2.75, 3.05) is 5.32 Å². The second-order valence-electron chi connectivity index (χ2n) is 5.84. The third kappa shape index (κ3) is 3.69. The van der Waals surface area contributed by atoms with Gasteiger partial charge in [-0.3, -0.25) is 9.20 Å². The van der Waals surface area contributed by atoms with E-state index in [1.54, 1.807) is 30.3 Å². The predicted molar refractivity (Wildman–Crippen MR) is 107 cm³/mol. The number of fused-ring (bicyclic) bond motifs is 1. The molecule has 0 radical (unpaired) electrons. The van der Waals surface area contributed by atoms with E-state index in [0.717, 1.165) is 21.9 Å². The fourth-order valence-electron chi connectivity index (χ4n) is 2.68. The fourth-order valence-corrected chi connectivity index (χ4v) is 3.90. The lowest BCUT2D eigenvalue weighted by Gasteiger charge is -2.07. The standard InChI is InChI=1S/C19H12Cl2FN3OS/c20-14-2-1-3-15(18(14)21)23-17(26)8-13-10-27-19-24-16(9-25(13)19)11-4-6-12(22)7-5-11/h1-7,9-10H,8H2,(H,23,26). The number of imidazole rings is 1. The molecule has 4 rings (SSSR count). The second-order valence-corrected chi connectivity index (χ2v) is 7.46. The molecule has 2 aromatic heterocycles. The lowest BCUT2D eigenvalue weighted by molar-refractivity contribution is -0.115. The number of thiazole rings is 1. The van der Waals surface area contributed by atoms with Crippen LogP contribution < -0.4 is 5.32 Å². The monoisotopic (exact) mass is 419 g/mol. The topological polar surface area (TPSA) is 46.4 Å². The molecule has 4 aromatic rings. The average molecular weight is 420 g/mol. The van der Waals surface area contributed by atoms with Crippen LogP contribution in [0.25, 0.3) is 16.2 Å². The highest BCUT2D eigenvalue weighted by Gasteiger charge is 2.14. The number of nitrogens with zero attached hydrogens (tertiary/aromatic N) is 2. The van der Waals surface area contributed by atoms with Crippen LogP contribution in [0.15, 0.2) is 54.0 Å². The van der Waals surface area contributed by atoms with Gasteiger partial charge >= 0.3 is 0 Å². The Labute approximate surface area is 168 Å². The summed E-state index contributed by atoms with van der Waals surface area (Å²) in [5, 5.41) is 5.35. The second kappa shape index (κ2) is 7.31. The summed E-state index contributed by atoms with van der Waals surface area (Å²) in [5.74, 6) is -0.507. The Morgan fingerprint density at radius 1 is 1.19 bits per heavy atom. The molecule has 0 atom stereocenters. The van der Waals surface area contributed by atoms with Crippen molar-refractivity contribution < 1.29 is 9.18 Å². The average Bonchev–Trinajstić information content (AvgIpc) is 3.22. The molecule has 0 saturated heterocycles. The molecule has 2 aromatic carbocycles. The zero-order valence-electron chi connectivity index (χ0n) is 13.7. The van der Waals surface area contributed by atoms with Gasteiger partial charge in [0.1, 0.15) is 5.82 Å². The van der Waals surface area contributed by atoms with Crippen molar-refractivity contribution in [2.24, 2.45) is 0 Å². The van der Waals surface area contributed by atoms with Crippen LogP contribution in [0.5, 0.6) is 0 Å². The molecular formula is C19H12Cl2FN3OS. The Balaban J connectivity index is 1.56. The van der Waals surface area contributed by atoms with Gasteiger partial charge in [-0.1, -0.05) is 29.3 Å². The van der Waals surface area contributed by atoms with Crippen LogP contribution in [-0.4, -0.2) is 15.3 Å². The first-order valence-electron chi connectivity index (χ1n) is 7.96. The minimum Gasteiger partial charge on any atom is -0.324 e. The van der Waals surface area contributed by atoms with Gasteiger partial charge in [0.05, 0.1) is 27.8 Å². The maximum absolute atomic E-state index is 13.1. The highest BCUT2D eigenvalue weighted by atomic mass is 35.5. The minimum absolute atomic E-state index is 0.155.